The van der Waals surface area contributed by atoms with Crippen molar-refractivity contribution in [1.82, 2.24) is 10.2 Å². The monoisotopic (exact) mass is 298 g/mol. The Morgan fingerprint density at radius 3 is 2.14 bits per heavy atom. The van der Waals surface area contributed by atoms with E-state index in [0.29, 0.717) is 22.6 Å². The number of hydrogen-bond donors (Lipinski definition) is 1. The van der Waals surface area contributed by atoms with Crippen molar-refractivity contribution in [3.05, 3.63) is 42.5 Å². The number of aromatic hydroxyl groups is 1. The van der Waals surface area contributed by atoms with Gasteiger partial charge in [0.05, 0.1) is 19.8 Å². The van der Waals surface area contributed by atoms with Crippen molar-refractivity contribution < 1.29 is 19.0 Å². The summed E-state index contributed by atoms with van der Waals surface area (Å²) in [6.07, 6.45) is 0. The first-order valence-corrected chi connectivity index (χ1v) is 6.58. The summed E-state index contributed by atoms with van der Waals surface area (Å²) in [6, 6.07) is 12.1. The lowest BCUT2D eigenvalue weighted by atomic mass is 10.1. The van der Waals surface area contributed by atoms with Crippen molar-refractivity contribution in [1.29, 1.82) is 0 Å². The van der Waals surface area contributed by atoms with Crippen molar-refractivity contribution in [3.63, 3.8) is 0 Å². The fraction of sp³-hybridized carbons (Fsp3) is 0.125. The fourth-order valence-corrected chi connectivity index (χ4v) is 2.15. The highest BCUT2D eigenvalue weighted by atomic mass is 16.5. The highest BCUT2D eigenvalue weighted by Gasteiger charge is 2.20. The Balaban J connectivity index is 2.11. The van der Waals surface area contributed by atoms with E-state index in [1.54, 1.807) is 50.6 Å². The number of aromatic nitrogens is 2. The van der Waals surface area contributed by atoms with Gasteiger partial charge in [0, 0.05) is 0 Å². The number of phenolic OH excluding ortho intramolecular Hbond substituents is 1. The quantitative estimate of drug-likeness (QED) is 0.797. The SMILES string of the molecule is COc1cccc(OC)c1-c1nnc(-c2ccccc2O)o1. The van der Waals surface area contributed by atoms with Crippen molar-refractivity contribution in [2.24, 2.45) is 0 Å². The Bertz CT molecular complexity index is 776. The Labute approximate surface area is 126 Å². The zero-order chi connectivity index (χ0) is 15.5. The van der Waals surface area contributed by atoms with Gasteiger partial charge in [-0.1, -0.05) is 18.2 Å². The molecule has 3 aromatic rings. The molecule has 0 unspecified atom stereocenters. The predicted octanol–water partition coefficient (Wildman–Crippen LogP) is 3.13. The second kappa shape index (κ2) is 5.77. The van der Waals surface area contributed by atoms with Crippen molar-refractivity contribution in [3.8, 4) is 40.2 Å². The largest absolute Gasteiger partial charge is 0.507 e. The van der Waals surface area contributed by atoms with E-state index in [0.717, 1.165) is 0 Å². The van der Waals surface area contributed by atoms with Crippen LogP contribution in [-0.4, -0.2) is 29.5 Å². The number of methoxy groups -OCH3 is 2. The third-order valence-electron chi connectivity index (χ3n) is 3.20. The van der Waals surface area contributed by atoms with Crippen LogP contribution in [0, 0.1) is 0 Å². The molecular formula is C16H14N2O4. The van der Waals surface area contributed by atoms with Crippen LogP contribution < -0.4 is 9.47 Å². The van der Waals surface area contributed by atoms with Crippen LogP contribution in [-0.2, 0) is 0 Å². The molecule has 0 atom stereocenters. The van der Waals surface area contributed by atoms with Crippen molar-refractivity contribution in [2.75, 3.05) is 14.2 Å². The topological polar surface area (TPSA) is 77.6 Å². The van der Waals surface area contributed by atoms with E-state index < -0.39 is 0 Å². The summed E-state index contributed by atoms with van der Waals surface area (Å²) >= 11 is 0. The molecular weight excluding hydrogens is 284 g/mol. The first-order chi connectivity index (χ1) is 10.7. The summed E-state index contributed by atoms with van der Waals surface area (Å²) < 4.78 is 16.3. The Hall–Kier alpha value is -3.02. The smallest absolute Gasteiger partial charge is 0.255 e. The van der Waals surface area contributed by atoms with Crippen LogP contribution in [0.4, 0.5) is 0 Å². The second-order valence-corrected chi connectivity index (χ2v) is 4.47. The van der Waals surface area contributed by atoms with Crippen LogP contribution in [0.2, 0.25) is 0 Å². The van der Waals surface area contributed by atoms with Gasteiger partial charge in [0.25, 0.3) is 11.8 Å². The van der Waals surface area contributed by atoms with Gasteiger partial charge < -0.3 is 19.0 Å². The Kier molecular flexibility index (Phi) is 3.65. The summed E-state index contributed by atoms with van der Waals surface area (Å²) in [6.45, 7) is 0. The van der Waals surface area contributed by atoms with Crippen molar-refractivity contribution >= 4 is 0 Å². The van der Waals surface area contributed by atoms with E-state index in [-0.39, 0.29) is 17.5 Å². The summed E-state index contributed by atoms with van der Waals surface area (Å²) in [5, 5.41) is 17.9. The molecule has 0 aliphatic rings. The van der Waals surface area contributed by atoms with Gasteiger partial charge in [-0.15, -0.1) is 10.2 Å². The molecule has 0 saturated carbocycles. The van der Waals surface area contributed by atoms with E-state index >= 15 is 0 Å². The molecule has 2 aromatic carbocycles. The van der Waals surface area contributed by atoms with Gasteiger partial charge in [0.15, 0.2) is 0 Å². The molecule has 0 spiro atoms. The first-order valence-electron chi connectivity index (χ1n) is 6.58. The molecule has 1 heterocycles. The number of rotatable bonds is 4. The number of phenols is 1. The minimum Gasteiger partial charge on any atom is -0.507 e. The third-order valence-corrected chi connectivity index (χ3v) is 3.20. The molecule has 1 N–H and O–H groups in total. The highest BCUT2D eigenvalue weighted by molar-refractivity contribution is 5.72. The minimum atomic E-state index is 0.0738. The number of ether oxygens (including phenoxy) is 2. The van der Waals surface area contributed by atoms with E-state index in [1.165, 1.54) is 0 Å². The maximum atomic E-state index is 9.87. The molecule has 3 rings (SSSR count). The number of para-hydroxylation sites is 1. The third kappa shape index (κ3) is 2.35. The second-order valence-electron chi connectivity index (χ2n) is 4.47. The van der Waals surface area contributed by atoms with Crippen LogP contribution in [0.3, 0.4) is 0 Å². The fourth-order valence-electron chi connectivity index (χ4n) is 2.15. The average Bonchev–Trinajstić information content (AvgIpc) is 3.03. The number of benzene rings is 2. The molecule has 22 heavy (non-hydrogen) atoms. The van der Waals surface area contributed by atoms with Gasteiger partial charge >= 0.3 is 0 Å². The van der Waals surface area contributed by atoms with Gasteiger partial charge in [0.2, 0.25) is 0 Å². The summed E-state index contributed by atoms with van der Waals surface area (Å²) in [4.78, 5) is 0. The van der Waals surface area contributed by atoms with Crippen LogP contribution in [0.15, 0.2) is 46.9 Å². The van der Waals surface area contributed by atoms with Crippen LogP contribution in [0.5, 0.6) is 17.2 Å². The minimum absolute atomic E-state index is 0.0738. The number of nitrogens with zero attached hydrogens (tertiary/aromatic N) is 2. The molecule has 0 radical (unpaired) electrons. The molecule has 0 amide bonds. The van der Waals surface area contributed by atoms with Gasteiger partial charge in [-0.25, -0.2) is 0 Å². The molecule has 6 nitrogen and oxygen atoms in total. The molecule has 0 aliphatic heterocycles. The standard InChI is InChI=1S/C16H14N2O4/c1-20-12-8-5-9-13(21-2)14(12)16-18-17-15(22-16)10-6-3-4-7-11(10)19/h3-9,19H,1-2H3. The van der Waals surface area contributed by atoms with E-state index in [4.69, 9.17) is 13.9 Å². The highest BCUT2D eigenvalue weighted by Crippen LogP contribution is 2.39. The van der Waals surface area contributed by atoms with Gasteiger partial charge in [-0.05, 0) is 24.3 Å². The van der Waals surface area contributed by atoms with E-state index in [9.17, 15) is 5.11 Å². The normalized spacial score (nSPS) is 10.5. The molecule has 1 aromatic heterocycles. The predicted molar refractivity (Wildman–Crippen MR) is 79.9 cm³/mol. The molecule has 0 bridgehead atoms. The zero-order valence-electron chi connectivity index (χ0n) is 12.1. The maximum absolute atomic E-state index is 9.87. The Morgan fingerprint density at radius 1 is 0.864 bits per heavy atom. The summed E-state index contributed by atoms with van der Waals surface area (Å²) in [5.41, 5.74) is 1.04. The Morgan fingerprint density at radius 2 is 1.50 bits per heavy atom. The molecule has 0 aliphatic carbocycles. The zero-order valence-corrected chi connectivity index (χ0v) is 12.1. The van der Waals surface area contributed by atoms with E-state index in [1.807, 2.05) is 6.07 Å². The first kappa shape index (κ1) is 13.9. The van der Waals surface area contributed by atoms with E-state index in [2.05, 4.69) is 10.2 Å². The number of hydrogen-bond acceptors (Lipinski definition) is 6. The molecule has 0 fully saturated rings. The van der Waals surface area contributed by atoms with Gasteiger partial charge in [-0.2, -0.15) is 0 Å². The molecule has 112 valence electrons. The van der Waals surface area contributed by atoms with Crippen molar-refractivity contribution in [2.45, 2.75) is 0 Å². The summed E-state index contributed by atoms with van der Waals surface area (Å²) in [5.74, 6) is 1.68. The maximum Gasteiger partial charge on any atom is 0.255 e. The lowest BCUT2D eigenvalue weighted by molar-refractivity contribution is 0.394. The average molecular weight is 298 g/mol. The van der Waals surface area contributed by atoms with Gasteiger partial charge in [0.1, 0.15) is 22.8 Å². The summed E-state index contributed by atoms with van der Waals surface area (Å²) in [7, 11) is 3.11. The lowest BCUT2D eigenvalue weighted by Crippen LogP contribution is -1.92. The molecule has 0 saturated heterocycles. The van der Waals surface area contributed by atoms with Gasteiger partial charge in [-0.3, -0.25) is 0 Å². The van der Waals surface area contributed by atoms with Crippen LogP contribution >= 0.6 is 0 Å². The van der Waals surface area contributed by atoms with Crippen LogP contribution in [0.1, 0.15) is 0 Å². The molecule has 6 heteroatoms. The van der Waals surface area contributed by atoms with Crippen LogP contribution in [0.25, 0.3) is 22.9 Å². The lowest BCUT2D eigenvalue weighted by Gasteiger charge is -2.09.